The second-order valence-corrected chi connectivity index (χ2v) is 4.99. The number of nitrogens with one attached hydrogen (secondary N) is 1. The molecule has 0 spiro atoms. The summed E-state index contributed by atoms with van der Waals surface area (Å²) >= 11 is 0. The summed E-state index contributed by atoms with van der Waals surface area (Å²) in [6, 6.07) is 7.01. The zero-order chi connectivity index (χ0) is 10.6. The van der Waals surface area contributed by atoms with E-state index in [2.05, 4.69) is 4.72 Å². The highest BCUT2D eigenvalue weighted by molar-refractivity contribution is 8.12. The van der Waals surface area contributed by atoms with E-state index in [-0.39, 0.29) is 6.54 Å². The van der Waals surface area contributed by atoms with Crippen molar-refractivity contribution in [3.63, 3.8) is 0 Å². The first-order valence-corrected chi connectivity index (χ1v) is 6.14. The monoisotopic (exact) mass is 235 g/mol. The van der Waals surface area contributed by atoms with E-state index in [1.807, 2.05) is 0 Å². The highest BCUT2D eigenvalue weighted by Gasteiger charge is 2.03. The van der Waals surface area contributed by atoms with Gasteiger partial charge in [0.05, 0.1) is 7.11 Å². The summed E-state index contributed by atoms with van der Waals surface area (Å²) in [4.78, 5) is 0. The third-order valence-electron chi connectivity index (χ3n) is 1.61. The minimum absolute atomic E-state index is 0.176. The fourth-order valence-electron chi connectivity index (χ4n) is 0.913. The third-order valence-corrected chi connectivity index (χ3v) is 2.42. The number of rotatable bonds is 4. The molecule has 6 heteroatoms. The number of methoxy groups -OCH3 is 1. The lowest BCUT2D eigenvalue weighted by Gasteiger charge is -2.02. The minimum atomic E-state index is -3.65. The van der Waals surface area contributed by atoms with Gasteiger partial charge in [-0.1, -0.05) is 12.1 Å². The Hall–Kier alpha value is -0.780. The second-order valence-electron chi connectivity index (χ2n) is 2.61. The van der Waals surface area contributed by atoms with Crippen LogP contribution in [-0.4, -0.2) is 15.5 Å². The Morgan fingerprint density at radius 1 is 1.36 bits per heavy atom. The molecule has 0 aliphatic carbocycles. The fraction of sp³-hybridized carbons (Fsp3) is 0.250. The van der Waals surface area contributed by atoms with E-state index < -0.39 is 9.24 Å². The summed E-state index contributed by atoms with van der Waals surface area (Å²) in [5.41, 5.74) is 0.815. The summed E-state index contributed by atoms with van der Waals surface area (Å²) in [5.74, 6) is 0.725. The van der Waals surface area contributed by atoms with Crippen LogP contribution in [0.1, 0.15) is 5.56 Å². The average molecular weight is 236 g/mol. The van der Waals surface area contributed by atoms with Crippen molar-refractivity contribution < 1.29 is 13.2 Å². The van der Waals surface area contributed by atoms with Crippen LogP contribution in [-0.2, 0) is 15.8 Å². The highest BCUT2D eigenvalue weighted by atomic mass is 35.7. The summed E-state index contributed by atoms with van der Waals surface area (Å²) in [6.45, 7) is 0.176. The van der Waals surface area contributed by atoms with Crippen LogP contribution < -0.4 is 9.46 Å². The quantitative estimate of drug-likeness (QED) is 0.800. The van der Waals surface area contributed by atoms with Crippen molar-refractivity contribution in [3.8, 4) is 5.75 Å². The molecule has 0 aliphatic rings. The molecule has 4 nitrogen and oxygen atoms in total. The van der Waals surface area contributed by atoms with Crippen molar-refractivity contribution in [3.05, 3.63) is 29.8 Å². The summed E-state index contributed by atoms with van der Waals surface area (Å²) < 4.78 is 28.2. The van der Waals surface area contributed by atoms with Crippen LogP contribution in [0, 0.1) is 0 Å². The van der Waals surface area contributed by atoms with Gasteiger partial charge < -0.3 is 4.74 Å². The number of ether oxygens (including phenoxy) is 1. The van der Waals surface area contributed by atoms with Crippen molar-refractivity contribution >= 4 is 19.9 Å². The summed E-state index contributed by atoms with van der Waals surface area (Å²) in [7, 11) is 2.90. The van der Waals surface area contributed by atoms with Crippen LogP contribution in [0.15, 0.2) is 24.3 Å². The Balaban J connectivity index is 2.61. The van der Waals surface area contributed by atoms with E-state index >= 15 is 0 Å². The van der Waals surface area contributed by atoms with E-state index in [4.69, 9.17) is 15.4 Å². The molecule has 0 saturated carbocycles. The van der Waals surface area contributed by atoms with Crippen LogP contribution in [0.3, 0.4) is 0 Å². The Morgan fingerprint density at radius 3 is 2.36 bits per heavy atom. The zero-order valence-electron chi connectivity index (χ0n) is 7.53. The molecule has 0 amide bonds. The molecule has 0 bridgehead atoms. The first-order chi connectivity index (χ1) is 6.51. The van der Waals surface area contributed by atoms with E-state index in [1.165, 1.54) is 0 Å². The molecule has 1 aromatic rings. The van der Waals surface area contributed by atoms with Crippen LogP contribution in [0.4, 0.5) is 0 Å². The van der Waals surface area contributed by atoms with Gasteiger partial charge in [0.15, 0.2) is 0 Å². The van der Waals surface area contributed by atoms with Crippen LogP contribution >= 0.6 is 10.7 Å². The van der Waals surface area contributed by atoms with Crippen molar-refractivity contribution in [2.45, 2.75) is 6.54 Å². The van der Waals surface area contributed by atoms with Gasteiger partial charge >= 0.3 is 0 Å². The smallest absolute Gasteiger partial charge is 0.297 e. The zero-order valence-corrected chi connectivity index (χ0v) is 9.10. The number of hydrogen-bond donors (Lipinski definition) is 1. The number of hydrogen-bond acceptors (Lipinski definition) is 3. The van der Waals surface area contributed by atoms with E-state index in [1.54, 1.807) is 31.4 Å². The van der Waals surface area contributed by atoms with Crippen molar-refractivity contribution in [1.29, 1.82) is 0 Å². The molecule has 0 atom stereocenters. The molecule has 78 valence electrons. The van der Waals surface area contributed by atoms with E-state index in [0.717, 1.165) is 11.3 Å². The van der Waals surface area contributed by atoms with E-state index in [0.29, 0.717) is 0 Å². The van der Waals surface area contributed by atoms with Crippen molar-refractivity contribution in [1.82, 2.24) is 4.72 Å². The lowest BCUT2D eigenvalue weighted by atomic mass is 10.2. The van der Waals surface area contributed by atoms with Gasteiger partial charge in [-0.3, -0.25) is 0 Å². The molecule has 0 heterocycles. The molecule has 14 heavy (non-hydrogen) atoms. The normalized spacial score (nSPS) is 11.3. The molecule has 1 rings (SSSR count). The Bertz CT molecular complexity index is 388. The molecule has 0 fully saturated rings. The maximum Gasteiger partial charge on any atom is 0.297 e. The van der Waals surface area contributed by atoms with Gasteiger partial charge in [-0.15, -0.1) is 0 Å². The van der Waals surface area contributed by atoms with Gasteiger partial charge in [-0.2, -0.15) is 13.1 Å². The fourth-order valence-corrected chi connectivity index (χ4v) is 1.42. The average Bonchev–Trinajstić information content (AvgIpc) is 2.14. The number of benzene rings is 1. The van der Waals surface area contributed by atoms with Gasteiger partial charge in [-0.05, 0) is 17.7 Å². The molecule has 1 aromatic carbocycles. The maximum absolute atomic E-state index is 10.6. The van der Waals surface area contributed by atoms with Gasteiger partial charge in [0.1, 0.15) is 5.75 Å². The second kappa shape index (κ2) is 4.63. The molecule has 0 aromatic heterocycles. The lowest BCUT2D eigenvalue weighted by molar-refractivity contribution is 0.414. The van der Waals surface area contributed by atoms with Crippen LogP contribution in [0.5, 0.6) is 5.75 Å². The Morgan fingerprint density at radius 2 is 1.93 bits per heavy atom. The SMILES string of the molecule is COc1ccc(CNS(=O)(=O)Cl)cc1. The van der Waals surface area contributed by atoms with Crippen molar-refractivity contribution in [2.24, 2.45) is 0 Å². The minimum Gasteiger partial charge on any atom is -0.497 e. The maximum atomic E-state index is 10.6. The molecule has 0 unspecified atom stereocenters. The van der Waals surface area contributed by atoms with E-state index in [9.17, 15) is 8.42 Å². The van der Waals surface area contributed by atoms with Gasteiger partial charge in [-0.25, -0.2) is 0 Å². The predicted octanol–water partition coefficient (Wildman–Crippen LogP) is 1.27. The van der Waals surface area contributed by atoms with Gasteiger partial charge in [0.2, 0.25) is 0 Å². The molecule has 0 aliphatic heterocycles. The topological polar surface area (TPSA) is 55.4 Å². The Kier molecular flexibility index (Phi) is 3.74. The standard InChI is InChI=1S/C8H10ClNO3S/c1-13-8-4-2-7(3-5-8)6-10-14(9,11)12/h2-5,10H,6H2,1H3. The largest absolute Gasteiger partial charge is 0.497 e. The van der Waals surface area contributed by atoms with Gasteiger partial charge in [0.25, 0.3) is 9.24 Å². The van der Waals surface area contributed by atoms with Crippen LogP contribution in [0.25, 0.3) is 0 Å². The van der Waals surface area contributed by atoms with Crippen LogP contribution in [0.2, 0.25) is 0 Å². The predicted molar refractivity (Wildman–Crippen MR) is 54.6 cm³/mol. The lowest BCUT2D eigenvalue weighted by Crippen LogP contribution is -2.17. The van der Waals surface area contributed by atoms with Crippen molar-refractivity contribution in [2.75, 3.05) is 7.11 Å². The Labute approximate surface area is 87.4 Å². The van der Waals surface area contributed by atoms with Gasteiger partial charge in [0, 0.05) is 17.2 Å². The molecular weight excluding hydrogens is 226 g/mol. The first kappa shape index (κ1) is 11.3. The third kappa shape index (κ3) is 3.95. The first-order valence-electron chi connectivity index (χ1n) is 3.83. The number of halogens is 1. The molecule has 0 radical (unpaired) electrons. The molecule has 0 saturated heterocycles. The molecule has 1 N–H and O–H groups in total. The summed E-state index contributed by atoms with van der Waals surface area (Å²) in [5, 5.41) is 0. The highest BCUT2D eigenvalue weighted by Crippen LogP contribution is 2.11. The molecular formula is C8H10ClNO3S. The summed E-state index contributed by atoms with van der Waals surface area (Å²) in [6.07, 6.45) is 0.